The topological polar surface area (TPSA) is 130 Å². The van der Waals surface area contributed by atoms with Gasteiger partial charge in [-0.3, -0.25) is 19.5 Å². The summed E-state index contributed by atoms with van der Waals surface area (Å²) in [4.78, 5) is 37.1. The number of tetrazole rings is 1. The Bertz CT molecular complexity index is 1150. The summed E-state index contributed by atoms with van der Waals surface area (Å²) in [6, 6.07) is 2.63. The van der Waals surface area contributed by atoms with Gasteiger partial charge in [0.05, 0.1) is 6.54 Å². The van der Waals surface area contributed by atoms with Crippen LogP contribution in [0.2, 0.25) is 0 Å². The van der Waals surface area contributed by atoms with Crippen molar-refractivity contribution in [3.05, 3.63) is 61.9 Å². The van der Waals surface area contributed by atoms with Crippen molar-refractivity contribution in [2.75, 3.05) is 5.32 Å². The van der Waals surface area contributed by atoms with Gasteiger partial charge < -0.3 is 0 Å². The van der Waals surface area contributed by atoms with Gasteiger partial charge >= 0.3 is 5.69 Å². The van der Waals surface area contributed by atoms with Crippen LogP contribution in [0.3, 0.4) is 0 Å². The van der Waals surface area contributed by atoms with Crippen LogP contribution in [-0.4, -0.2) is 40.5 Å². The molecule has 0 aliphatic rings. The van der Waals surface area contributed by atoms with Gasteiger partial charge in [0.15, 0.2) is 0 Å². The third-order valence-corrected chi connectivity index (χ3v) is 3.60. The first kappa shape index (κ1) is 18.0. The van der Waals surface area contributed by atoms with Crippen LogP contribution in [0.1, 0.15) is 16.1 Å². The molecule has 0 radical (unpaired) electrons. The van der Waals surface area contributed by atoms with E-state index in [2.05, 4.69) is 25.9 Å². The number of aromatic nitrogens is 7. The van der Waals surface area contributed by atoms with Gasteiger partial charge in [0.1, 0.15) is 11.6 Å². The Morgan fingerprint density at radius 3 is 2.59 bits per heavy atom. The van der Waals surface area contributed by atoms with Crippen LogP contribution in [0.5, 0.6) is 0 Å². The minimum atomic E-state index is -1.07. The molecule has 0 saturated carbocycles. The fraction of sp³-hybridized carbons (Fsp3) is 0.214. The van der Waals surface area contributed by atoms with E-state index in [4.69, 9.17) is 0 Å². The lowest BCUT2D eigenvalue weighted by Gasteiger charge is -2.10. The quantitative estimate of drug-likeness (QED) is 0.619. The highest BCUT2D eigenvalue weighted by Crippen LogP contribution is 2.10. The van der Waals surface area contributed by atoms with Crippen LogP contribution in [0.4, 0.5) is 14.7 Å². The highest BCUT2D eigenvalue weighted by molar-refractivity contribution is 6.01. The first-order valence-electron chi connectivity index (χ1n) is 7.43. The predicted molar refractivity (Wildman–Crippen MR) is 85.9 cm³/mol. The van der Waals surface area contributed by atoms with E-state index in [9.17, 15) is 23.2 Å². The van der Waals surface area contributed by atoms with Crippen molar-refractivity contribution >= 4 is 11.9 Å². The number of benzene rings is 1. The maximum atomic E-state index is 13.9. The van der Waals surface area contributed by atoms with Crippen LogP contribution in [0, 0.1) is 11.6 Å². The summed E-state index contributed by atoms with van der Waals surface area (Å²) in [6.07, 6.45) is 0. The molecule has 0 aliphatic carbocycles. The molecule has 0 atom stereocenters. The second kappa shape index (κ2) is 6.86. The van der Waals surface area contributed by atoms with Gasteiger partial charge in [0, 0.05) is 19.7 Å². The molecule has 1 N–H and O–H groups in total. The number of nitrogens with zero attached hydrogens (tertiary/aromatic N) is 7. The summed E-state index contributed by atoms with van der Waals surface area (Å²) in [5.41, 5.74) is -2.85. The Balaban J connectivity index is 2.04. The van der Waals surface area contributed by atoms with Crippen molar-refractivity contribution in [3.8, 4) is 0 Å². The average molecular weight is 378 g/mol. The summed E-state index contributed by atoms with van der Waals surface area (Å²) >= 11 is 0. The lowest BCUT2D eigenvalue weighted by molar-refractivity contribution is 0.101. The summed E-state index contributed by atoms with van der Waals surface area (Å²) in [5.74, 6) is -2.57. The highest BCUT2D eigenvalue weighted by Gasteiger charge is 2.21. The molecule has 2 aromatic heterocycles. The molecule has 11 nitrogen and oxygen atoms in total. The van der Waals surface area contributed by atoms with E-state index >= 15 is 0 Å². The van der Waals surface area contributed by atoms with Gasteiger partial charge in [-0.25, -0.2) is 22.9 Å². The second-order valence-electron chi connectivity index (χ2n) is 5.46. The van der Waals surface area contributed by atoms with Crippen molar-refractivity contribution in [3.63, 3.8) is 0 Å². The first-order valence-corrected chi connectivity index (χ1v) is 7.43. The van der Waals surface area contributed by atoms with Gasteiger partial charge in [-0.2, -0.15) is 5.10 Å². The van der Waals surface area contributed by atoms with Crippen LogP contribution < -0.4 is 16.6 Å². The van der Waals surface area contributed by atoms with E-state index < -0.39 is 41.0 Å². The molecule has 0 aliphatic heterocycles. The van der Waals surface area contributed by atoms with Crippen LogP contribution in [-0.2, 0) is 20.6 Å². The monoisotopic (exact) mass is 378 g/mol. The molecule has 3 rings (SSSR count). The number of hydrogen-bond acceptors (Lipinski definition) is 7. The van der Waals surface area contributed by atoms with Crippen molar-refractivity contribution < 1.29 is 13.6 Å². The van der Waals surface area contributed by atoms with E-state index in [1.807, 2.05) is 0 Å². The molecule has 140 valence electrons. The van der Waals surface area contributed by atoms with Crippen molar-refractivity contribution in [1.29, 1.82) is 0 Å². The van der Waals surface area contributed by atoms with Crippen molar-refractivity contribution in [1.82, 2.24) is 34.6 Å². The summed E-state index contributed by atoms with van der Waals surface area (Å²) in [5, 5.41) is 16.3. The van der Waals surface area contributed by atoms with Gasteiger partial charge in [0.2, 0.25) is 11.6 Å². The average Bonchev–Trinajstić information content (AvgIpc) is 3.02. The maximum Gasteiger partial charge on any atom is 0.347 e. The second-order valence-corrected chi connectivity index (χ2v) is 5.46. The number of aryl methyl sites for hydroxylation is 2. The SMILES string of the molecule is Cn1nnnc1NC(=O)c1nn(C)c(=O)n(Cc2cc(F)ccc2F)c1=O. The molecular weight excluding hydrogens is 366 g/mol. The number of halogens is 2. The minimum absolute atomic E-state index is 0.0576. The minimum Gasteiger partial charge on any atom is -0.288 e. The third-order valence-electron chi connectivity index (χ3n) is 3.60. The molecule has 0 unspecified atom stereocenters. The number of carbonyl (C=O) groups excluding carboxylic acids is 1. The smallest absolute Gasteiger partial charge is 0.288 e. The van der Waals surface area contributed by atoms with Gasteiger partial charge in [-0.1, -0.05) is 5.10 Å². The Morgan fingerprint density at radius 2 is 1.93 bits per heavy atom. The first-order chi connectivity index (χ1) is 12.8. The molecule has 0 saturated heterocycles. The molecule has 2 heterocycles. The number of hydrogen-bond donors (Lipinski definition) is 1. The molecule has 0 spiro atoms. The van der Waals surface area contributed by atoms with E-state index in [0.717, 1.165) is 27.6 Å². The van der Waals surface area contributed by atoms with Crippen LogP contribution >= 0.6 is 0 Å². The largest absolute Gasteiger partial charge is 0.347 e. The predicted octanol–water partition coefficient (Wildman–Crippen LogP) is -0.956. The molecule has 0 bridgehead atoms. The summed E-state index contributed by atoms with van der Waals surface area (Å²) in [7, 11) is 2.66. The van der Waals surface area contributed by atoms with Crippen molar-refractivity contribution in [2.45, 2.75) is 6.54 Å². The number of nitrogens with one attached hydrogen (secondary N) is 1. The number of amides is 1. The van der Waals surface area contributed by atoms with Crippen LogP contribution in [0.15, 0.2) is 27.8 Å². The van der Waals surface area contributed by atoms with Gasteiger partial charge in [-0.05, 0) is 28.6 Å². The van der Waals surface area contributed by atoms with Gasteiger partial charge in [0.25, 0.3) is 11.5 Å². The molecule has 1 aromatic carbocycles. The molecular formula is C14H12F2N8O3. The summed E-state index contributed by atoms with van der Waals surface area (Å²) in [6.45, 7) is -0.580. The maximum absolute atomic E-state index is 13.9. The Kier molecular flexibility index (Phi) is 4.58. The Labute approximate surface area is 148 Å². The fourth-order valence-electron chi connectivity index (χ4n) is 2.24. The lowest BCUT2D eigenvalue weighted by atomic mass is 10.2. The molecule has 1 amide bonds. The standard InChI is InChI=1S/C14H12F2N8O3/c1-22-13(18-20-21-22)17-11(25)10-12(26)24(14(27)23(2)19-10)6-7-5-8(15)3-4-9(7)16/h3-5H,6H2,1-2H3,(H,17,18,21,25). The number of carbonyl (C=O) groups is 1. The molecule has 3 aromatic rings. The third kappa shape index (κ3) is 3.47. The van der Waals surface area contributed by atoms with Gasteiger partial charge in [-0.15, -0.1) is 0 Å². The zero-order valence-corrected chi connectivity index (χ0v) is 14.1. The Hall–Kier alpha value is -3.77. The van der Waals surface area contributed by atoms with E-state index in [0.29, 0.717) is 4.57 Å². The molecule has 0 fully saturated rings. The van der Waals surface area contributed by atoms with E-state index in [1.54, 1.807) is 0 Å². The van der Waals surface area contributed by atoms with E-state index in [1.165, 1.54) is 14.1 Å². The van der Waals surface area contributed by atoms with Crippen molar-refractivity contribution in [2.24, 2.45) is 14.1 Å². The van der Waals surface area contributed by atoms with E-state index in [-0.39, 0.29) is 11.5 Å². The number of rotatable bonds is 4. The normalized spacial score (nSPS) is 10.8. The zero-order chi connectivity index (χ0) is 19.7. The fourth-order valence-corrected chi connectivity index (χ4v) is 2.24. The highest BCUT2D eigenvalue weighted by atomic mass is 19.1. The van der Waals surface area contributed by atoms with Crippen LogP contribution in [0.25, 0.3) is 0 Å². The molecule has 13 heteroatoms. The Morgan fingerprint density at radius 1 is 1.19 bits per heavy atom. The number of anilines is 1. The zero-order valence-electron chi connectivity index (χ0n) is 14.1. The molecule has 27 heavy (non-hydrogen) atoms. The summed E-state index contributed by atoms with van der Waals surface area (Å²) < 4.78 is 29.7. The lowest BCUT2D eigenvalue weighted by Crippen LogP contribution is -2.45.